The van der Waals surface area contributed by atoms with Crippen LogP contribution in [0.3, 0.4) is 0 Å². The highest BCUT2D eigenvalue weighted by atomic mass is 16.6. The SMILES string of the molecule is Cc1cc(C)c(-c2nc(NCCOCCOCCN)nc(N3CCN(c4ccc([N+](=O)[O-])cc4)CC3)n2)c(C)c1. The van der Waals surface area contributed by atoms with Crippen LogP contribution in [0.15, 0.2) is 36.4 Å². The third kappa shape index (κ3) is 7.62. The summed E-state index contributed by atoms with van der Waals surface area (Å²) in [5.74, 6) is 1.75. The number of aromatic nitrogens is 3. The molecule has 40 heavy (non-hydrogen) atoms. The minimum Gasteiger partial charge on any atom is -0.378 e. The normalized spacial score (nSPS) is 13.5. The molecule has 12 nitrogen and oxygen atoms in total. The molecule has 2 heterocycles. The second kappa shape index (κ2) is 14.0. The maximum absolute atomic E-state index is 11.0. The van der Waals surface area contributed by atoms with Crippen molar-refractivity contribution in [1.29, 1.82) is 0 Å². The van der Waals surface area contributed by atoms with Crippen molar-refractivity contribution in [3.05, 3.63) is 63.2 Å². The monoisotopic (exact) mass is 550 g/mol. The van der Waals surface area contributed by atoms with Gasteiger partial charge < -0.3 is 30.3 Å². The Balaban J connectivity index is 1.48. The van der Waals surface area contributed by atoms with Gasteiger partial charge in [-0.25, -0.2) is 0 Å². The van der Waals surface area contributed by atoms with Crippen molar-refractivity contribution >= 4 is 23.3 Å². The maximum atomic E-state index is 11.0. The zero-order valence-corrected chi connectivity index (χ0v) is 23.4. The van der Waals surface area contributed by atoms with Crippen LogP contribution < -0.4 is 20.9 Å². The van der Waals surface area contributed by atoms with Gasteiger partial charge in [0, 0.05) is 62.7 Å². The molecule has 0 amide bonds. The summed E-state index contributed by atoms with van der Waals surface area (Å²) in [6.45, 7) is 12.2. The summed E-state index contributed by atoms with van der Waals surface area (Å²) in [4.78, 5) is 29.4. The third-order valence-corrected chi connectivity index (χ3v) is 6.68. The van der Waals surface area contributed by atoms with Crippen LogP contribution >= 0.6 is 0 Å². The Morgan fingerprint density at radius 1 is 0.900 bits per heavy atom. The van der Waals surface area contributed by atoms with Crippen LogP contribution in [0.5, 0.6) is 0 Å². The fourth-order valence-electron chi connectivity index (χ4n) is 4.82. The first-order valence-corrected chi connectivity index (χ1v) is 13.5. The molecule has 1 aliphatic heterocycles. The van der Waals surface area contributed by atoms with Gasteiger partial charge >= 0.3 is 0 Å². The summed E-state index contributed by atoms with van der Waals surface area (Å²) in [5, 5.41) is 14.3. The van der Waals surface area contributed by atoms with E-state index in [1.165, 1.54) is 5.56 Å². The number of nitro benzene ring substituents is 1. The van der Waals surface area contributed by atoms with E-state index in [4.69, 9.17) is 30.2 Å². The van der Waals surface area contributed by atoms with E-state index in [-0.39, 0.29) is 10.6 Å². The number of piperazine rings is 1. The summed E-state index contributed by atoms with van der Waals surface area (Å²) in [5.41, 5.74) is 10.9. The Morgan fingerprint density at radius 2 is 1.52 bits per heavy atom. The van der Waals surface area contributed by atoms with E-state index >= 15 is 0 Å². The fourth-order valence-corrected chi connectivity index (χ4v) is 4.82. The van der Waals surface area contributed by atoms with E-state index in [9.17, 15) is 10.1 Å². The standard InChI is InChI=1S/C28H38N8O4/c1-20-18-21(2)25(22(3)19-20)26-31-27(30-9-15-40-17-16-39-14-8-29)33-28(32-26)35-12-10-34(11-13-35)23-4-6-24(7-5-23)36(37)38/h4-7,18-19H,8-17,29H2,1-3H3,(H,30,31,32,33). The quantitative estimate of drug-likeness (QED) is 0.184. The highest BCUT2D eigenvalue weighted by Gasteiger charge is 2.22. The number of nitrogens with one attached hydrogen (secondary N) is 1. The van der Waals surface area contributed by atoms with Gasteiger partial charge in [-0.1, -0.05) is 17.7 Å². The number of benzene rings is 2. The lowest BCUT2D eigenvalue weighted by molar-refractivity contribution is -0.384. The Kier molecular flexibility index (Phi) is 10.2. The topological polar surface area (TPSA) is 145 Å². The largest absolute Gasteiger partial charge is 0.378 e. The molecule has 0 atom stereocenters. The molecule has 12 heteroatoms. The van der Waals surface area contributed by atoms with Crippen molar-refractivity contribution < 1.29 is 14.4 Å². The molecule has 0 radical (unpaired) electrons. The fraction of sp³-hybridized carbons (Fsp3) is 0.464. The van der Waals surface area contributed by atoms with E-state index in [0.717, 1.165) is 35.5 Å². The molecule has 0 aliphatic carbocycles. The van der Waals surface area contributed by atoms with Gasteiger partial charge in [0.25, 0.3) is 5.69 Å². The number of aryl methyl sites for hydroxylation is 3. The number of hydrogen-bond donors (Lipinski definition) is 2. The van der Waals surface area contributed by atoms with E-state index in [0.29, 0.717) is 70.3 Å². The molecule has 1 fully saturated rings. The van der Waals surface area contributed by atoms with Crippen molar-refractivity contribution in [2.75, 3.05) is 80.8 Å². The third-order valence-electron chi connectivity index (χ3n) is 6.68. The summed E-state index contributed by atoms with van der Waals surface area (Å²) >= 11 is 0. The van der Waals surface area contributed by atoms with Crippen LogP contribution in [0.25, 0.3) is 11.4 Å². The van der Waals surface area contributed by atoms with Crippen LogP contribution in [0.2, 0.25) is 0 Å². The minimum absolute atomic E-state index is 0.0900. The van der Waals surface area contributed by atoms with Crippen molar-refractivity contribution in [2.24, 2.45) is 5.73 Å². The molecule has 1 aromatic heterocycles. The molecular formula is C28H38N8O4. The highest BCUT2D eigenvalue weighted by Crippen LogP contribution is 2.28. The van der Waals surface area contributed by atoms with Gasteiger partial charge in [-0.2, -0.15) is 15.0 Å². The molecule has 3 N–H and O–H groups in total. The predicted molar refractivity (Wildman–Crippen MR) is 156 cm³/mol. The van der Waals surface area contributed by atoms with Crippen molar-refractivity contribution in [2.45, 2.75) is 20.8 Å². The molecule has 0 unspecified atom stereocenters. The second-order valence-electron chi connectivity index (χ2n) is 9.74. The van der Waals surface area contributed by atoms with Gasteiger partial charge in [-0.15, -0.1) is 0 Å². The summed E-state index contributed by atoms with van der Waals surface area (Å²) in [6, 6.07) is 11.0. The Labute approximate surface area is 234 Å². The smallest absolute Gasteiger partial charge is 0.269 e. The van der Waals surface area contributed by atoms with Crippen LogP contribution in [-0.2, 0) is 9.47 Å². The second-order valence-corrected chi connectivity index (χ2v) is 9.74. The lowest BCUT2D eigenvalue weighted by atomic mass is 9.99. The average Bonchev–Trinajstić information content (AvgIpc) is 2.94. The zero-order valence-electron chi connectivity index (χ0n) is 23.4. The van der Waals surface area contributed by atoms with Crippen molar-refractivity contribution in [1.82, 2.24) is 15.0 Å². The number of nitro groups is 1. The number of nitrogens with two attached hydrogens (primary N) is 1. The van der Waals surface area contributed by atoms with Gasteiger partial charge in [-0.05, 0) is 44.0 Å². The van der Waals surface area contributed by atoms with Gasteiger partial charge in [0.1, 0.15) is 0 Å². The lowest BCUT2D eigenvalue weighted by Crippen LogP contribution is -2.47. The summed E-state index contributed by atoms with van der Waals surface area (Å²) in [7, 11) is 0. The molecule has 214 valence electrons. The van der Waals surface area contributed by atoms with Crippen LogP contribution in [0, 0.1) is 30.9 Å². The van der Waals surface area contributed by atoms with E-state index in [1.54, 1.807) is 24.3 Å². The first-order valence-electron chi connectivity index (χ1n) is 13.5. The maximum Gasteiger partial charge on any atom is 0.269 e. The minimum atomic E-state index is -0.382. The number of ether oxygens (including phenoxy) is 2. The van der Waals surface area contributed by atoms with Crippen molar-refractivity contribution in [3.8, 4) is 11.4 Å². The number of nitrogens with zero attached hydrogens (tertiary/aromatic N) is 6. The first kappa shape index (κ1) is 29.1. The van der Waals surface area contributed by atoms with E-state index in [1.807, 2.05) is 0 Å². The Hall–Kier alpha value is -3.87. The molecule has 1 saturated heterocycles. The van der Waals surface area contributed by atoms with Gasteiger partial charge in [0.15, 0.2) is 5.82 Å². The molecule has 1 aliphatic rings. The van der Waals surface area contributed by atoms with E-state index in [2.05, 4.69) is 48.0 Å². The van der Waals surface area contributed by atoms with Crippen LogP contribution in [0.1, 0.15) is 16.7 Å². The van der Waals surface area contributed by atoms with Gasteiger partial charge in [0.2, 0.25) is 11.9 Å². The van der Waals surface area contributed by atoms with Crippen LogP contribution in [0.4, 0.5) is 23.3 Å². The molecular weight excluding hydrogens is 512 g/mol. The molecule has 4 rings (SSSR count). The van der Waals surface area contributed by atoms with Crippen molar-refractivity contribution in [3.63, 3.8) is 0 Å². The molecule has 2 aromatic carbocycles. The summed E-state index contributed by atoms with van der Waals surface area (Å²) in [6.07, 6.45) is 0. The number of rotatable bonds is 13. The predicted octanol–water partition coefficient (Wildman–Crippen LogP) is 3.10. The summed E-state index contributed by atoms with van der Waals surface area (Å²) < 4.78 is 11.0. The first-order chi connectivity index (χ1) is 19.4. The average molecular weight is 551 g/mol. The van der Waals surface area contributed by atoms with Gasteiger partial charge in [-0.3, -0.25) is 10.1 Å². The number of hydrogen-bond acceptors (Lipinski definition) is 11. The molecule has 0 bridgehead atoms. The lowest BCUT2D eigenvalue weighted by Gasteiger charge is -2.36. The molecule has 0 spiro atoms. The number of non-ortho nitro benzene ring substituents is 1. The number of anilines is 3. The van der Waals surface area contributed by atoms with Gasteiger partial charge in [0.05, 0.1) is 31.4 Å². The molecule has 0 saturated carbocycles. The van der Waals surface area contributed by atoms with Crippen LogP contribution in [-0.4, -0.2) is 85.6 Å². The highest BCUT2D eigenvalue weighted by molar-refractivity contribution is 5.67. The van der Waals surface area contributed by atoms with E-state index < -0.39 is 0 Å². The zero-order chi connectivity index (χ0) is 28.5. The Bertz CT molecular complexity index is 1260. The molecule has 3 aromatic rings. The Morgan fingerprint density at radius 3 is 2.15 bits per heavy atom.